The third-order valence-electron chi connectivity index (χ3n) is 3.29. The number of hydrogen-bond acceptors (Lipinski definition) is 4. The van der Waals surface area contributed by atoms with Crippen LogP contribution in [0.1, 0.15) is 10.4 Å². The van der Waals surface area contributed by atoms with E-state index in [2.05, 4.69) is 5.32 Å². The molecule has 110 valence electrons. The van der Waals surface area contributed by atoms with Gasteiger partial charge in [0.15, 0.2) is 0 Å². The standard InChI is InChI=1S/C17H13NO4/c1-21-12-6-4-5-11(9-12)18-16(19)15-10-22-17(20)14-8-3-2-7-13(14)15/h2-10H,1H3,(H,18,19). The quantitative estimate of drug-likeness (QED) is 0.806. The highest BCUT2D eigenvalue weighted by Crippen LogP contribution is 2.20. The van der Waals surface area contributed by atoms with Crippen molar-refractivity contribution < 1.29 is 13.9 Å². The van der Waals surface area contributed by atoms with Crippen LogP contribution in [0.5, 0.6) is 5.75 Å². The molecule has 0 saturated heterocycles. The summed E-state index contributed by atoms with van der Waals surface area (Å²) in [6, 6.07) is 13.9. The number of nitrogens with one attached hydrogen (secondary N) is 1. The molecule has 1 N–H and O–H groups in total. The van der Waals surface area contributed by atoms with Crippen LogP contribution in [-0.4, -0.2) is 13.0 Å². The average molecular weight is 295 g/mol. The molecule has 0 aliphatic carbocycles. The summed E-state index contributed by atoms with van der Waals surface area (Å²) in [4.78, 5) is 24.1. The van der Waals surface area contributed by atoms with E-state index in [9.17, 15) is 9.59 Å². The van der Waals surface area contributed by atoms with Crippen molar-refractivity contribution in [3.05, 3.63) is 70.8 Å². The smallest absolute Gasteiger partial charge is 0.343 e. The van der Waals surface area contributed by atoms with Gasteiger partial charge in [0, 0.05) is 17.1 Å². The van der Waals surface area contributed by atoms with Crippen molar-refractivity contribution in [3.8, 4) is 5.75 Å². The maximum Gasteiger partial charge on any atom is 0.343 e. The first-order valence-corrected chi connectivity index (χ1v) is 6.65. The number of methoxy groups -OCH3 is 1. The lowest BCUT2D eigenvalue weighted by Crippen LogP contribution is -2.14. The molecule has 3 aromatic rings. The number of carbonyl (C=O) groups excluding carboxylic acids is 1. The molecule has 0 atom stereocenters. The number of rotatable bonds is 3. The van der Waals surface area contributed by atoms with Gasteiger partial charge in [0.25, 0.3) is 5.91 Å². The monoisotopic (exact) mass is 295 g/mol. The van der Waals surface area contributed by atoms with Crippen LogP contribution in [0.3, 0.4) is 0 Å². The fourth-order valence-electron chi connectivity index (χ4n) is 2.21. The molecule has 5 heteroatoms. The van der Waals surface area contributed by atoms with Gasteiger partial charge in [0.1, 0.15) is 12.0 Å². The summed E-state index contributed by atoms with van der Waals surface area (Å²) in [6.45, 7) is 0. The molecule has 0 fully saturated rings. The molecule has 0 radical (unpaired) electrons. The largest absolute Gasteiger partial charge is 0.497 e. The Balaban J connectivity index is 1.99. The van der Waals surface area contributed by atoms with E-state index >= 15 is 0 Å². The molecule has 0 aliphatic heterocycles. The Labute approximate surface area is 126 Å². The van der Waals surface area contributed by atoms with Gasteiger partial charge in [-0.25, -0.2) is 4.79 Å². The Bertz CT molecular complexity index is 898. The molecule has 5 nitrogen and oxygen atoms in total. The molecule has 0 bridgehead atoms. The summed E-state index contributed by atoms with van der Waals surface area (Å²) in [5.74, 6) is 0.287. The van der Waals surface area contributed by atoms with E-state index in [4.69, 9.17) is 9.15 Å². The van der Waals surface area contributed by atoms with E-state index in [0.29, 0.717) is 27.8 Å². The zero-order valence-electron chi connectivity index (χ0n) is 11.8. The minimum Gasteiger partial charge on any atom is -0.497 e. The van der Waals surface area contributed by atoms with Crippen LogP contribution >= 0.6 is 0 Å². The highest BCUT2D eigenvalue weighted by atomic mass is 16.5. The van der Waals surface area contributed by atoms with Crippen LogP contribution in [0.2, 0.25) is 0 Å². The van der Waals surface area contributed by atoms with Gasteiger partial charge < -0.3 is 14.5 Å². The van der Waals surface area contributed by atoms with Crippen LogP contribution in [-0.2, 0) is 0 Å². The second-order valence-corrected chi connectivity index (χ2v) is 4.67. The lowest BCUT2D eigenvalue weighted by Gasteiger charge is -2.08. The second-order valence-electron chi connectivity index (χ2n) is 4.67. The van der Waals surface area contributed by atoms with Crippen LogP contribution in [0, 0.1) is 0 Å². The molecular formula is C17H13NO4. The third kappa shape index (κ3) is 2.56. The molecule has 1 amide bonds. The summed E-state index contributed by atoms with van der Waals surface area (Å²) < 4.78 is 10.1. The van der Waals surface area contributed by atoms with Gasteiger partial charge in [-0.2, -0.15) is 0 Å². The van der Waals surface area contributed by atoms with Gasteiger partial charge in [0.2, 0.25) is 0 Å². The first-order chi connectivity index (χ1) is 10.7. The zero-order valence-corrected chi connectivity index (χ0v) is 11.8. The van der Waals surface area contributed by atoms with Crippen molar-refractivity contribution in [2.75, 3.05) is 12.4 Å². The lowest BCUT2D eigenvalue weighted by atomic mass is 10.1. The average Bonchev–Trinajstić information content (AvgIpc) is 2.55. The molecule has 0 spiro atoms. The Hall–Kier alpha value is -3.08. The molecule has 1 heterocycles. The molecule has 0 aliphatic rings. The third-order valence-corrected chi connectivity index (χ3v) is 3.29. The van der Waals surface area contributed by atoms with Crippen molar-refractivity contribution in [2.24, 2.45) is 0 Å². The Kier molecular flexibility index (Phi) is 3.62. The predicted molar refractivity (Wildman–Crippen MR) is 83.4 cm³/mol. The number of benzene rings is 2. The highest BCUT2D eigenvalue weighted by Gasteiger charge is 2.13. The summed E-state index contributed by atoms with van der Waals surface area (Å²) in [5.41, 5.74) is 0.436. The first kappa shape index (κ1) is 13.9. The molecule has 1 aromatic heterocycles. The molecule has 0 saturated carbocycles. The van der Waals surface area contributed by atoms with Crippen molar-refractivity contribution in [2.45, 2.75) is 0 Å². The van der Waals surface area contributed by atoms with Crippen molar-refractivity contribution in [1.82, 2.24) is 0 Å². The van der Waals surface area contributed by atoms with Crippen molar-refractivity contribution in [3.63, 3.8) is 0 Å². The van der Waals surface area contributed by atoms with Gasteiger partial charge in [-0.15, -0.1) is 0 Å². The fraction of sp³-hybridized carbons (Fsp3) is 0.0588. The van der Waals surface area contributed by atoms with E-state index in [1.807, 2.05) is 0 Å². The molecular weight excluding hydrogens is 282 g/mol. The summed E-state index contributed by atoms with van der Waals surface area (Å²) >= 11 is 0. The first-order valence-electron chi connectivity index (χ1n) is 6.65. The van der Waals surface area contributed by atoms with Gasteiger partial charge >= 0.3 is 5.63 Å². The Morgan fingerprint density at radius 3 is 2.64 bits per heavy atom. The van der Waals surface area contributed by atoms with Crippen LogP contribution in [0.15, 0.2) is 64.0 Å². The normalized spacial score (nSPS) is 10.4. The Morgan fingerprint density at radius 1 is 1.09 bits per heavy atom. The summed E-state index contributed by atoms with van der Waals surface area (Å²) in [6.07, 6.45) is 1.18. The van der Waals surface area contributed by atoms with Crippen LogP contribution in [0.4, 0.5) is 5.69 Å². The second kappa shape index (κ2) is 5.73. The Morgan fingerprint density at radius 2 is 1.86 bits per heavy atom. The summed E-state index contributed by atoms with van der Waals surface area (Å²) in [7, 11) is 1.56. The minimum atomic E-state index is -0.464. The van der Waals surface area contributed by atoms with E-state index in [-0.39, 0.29) is 5.91 Å². The molecule has 3 rings (SSSR count). The van der Waals surface area contributed by atoms with E-state index in [1.54, 1.807) is 55.6 Å². The fourth-order valence-corrected chi connectivity index (χ4v) is 2.21. The topological polar surface area (TPSA) is 68.5 Å². The van der Waals surface area contributed by atoms with Crippen molar-refractivity contribution in [1.29, 1.82) is 0 Å². The SMILES string of the molecule is COc1cccc(NC(=O)c2coc(=O)c3ccccc23)c1. The number of hydrogen-bond donors (Lipinski definition) is 1. The molecule has 2 aromatic carbocycles. The van der Waals surface area contributed by atoms with Crippen molar-refractivity contribution >= 4 is 22.4 Å². The number of ether oxygens (including phenoxy) is 1. The maximum atomic E-state index is 12.4. The van der Waals surface area contributed by atoms with Crippen LogP contribution in [0.25, 0.3) is 10.8 Å². The highest BCUT2D eigenvalue weighted by molar-refractivity contribution is 6.12. The minimum absolute atomic E-state index is 0.304. The van der Waals surface area contributed by atoms with Crippen LogP contribution < -0.4 is 15.7 Å². The molecule has 0 unspecified atom stereocenters. The van der Waals surface area contributed by atoms with Gasteiger partial charge in [0.05, 0.1) is 18.1 Å². The van der Waals surface area contributed by atoms with E-state index < -0.39 is 5.63 Å². The number of anilines is 1. The number of amides is 1. The van der Waals surface area contributed by atoms with Gasteiger partial charge in [-0.3, -0.25) is 4.79 Å². The molecule has 22 heavy (non-hydrogen) atoms. The predicted octanol–water partition coefficient (Wildman–Crippen LogP) is 3.05. The number of fused-ring (bicyclic) bond motifs is 1. The number of carbonyl (C=O) groups is 1. The van der Waals surface area contributed by atoms with Gasteiger partial charge in [-0.05, 0) is 18.2 Å². The maximum absolute atomic E-state index is 12.4. The van der Waals surface area contributed by atoms with E-state index in [0.717, 1.165) is 0 Å². The lowest BCUT2D eigenvalue weighted by molar-refractivity contribution is 0.102. The van der Waals surface area contributed by atoms with Gasteiger partial charge in [-0.1, -0.05) is 24.3 Å². The zero-order chi connectivity index (χ0) is 15.5. The summed E-state index contributed by atoms with van der Waals surface area (Å²) in [5, 5.41) is 3.69. The van der Waals surface area contributed by atoms with E-state index in [1.165, 1.54) is 6.26 Å².